The summed E-state index contributed by atoms with van der Waals surface area (Å²) in [5, 5.41) is 22.6. The Labute approximate surface area is 112 Å². The van der Waals surface area contributed by atoms with Gasteiger partial charge in [-0.1, -0.05) is 17.2 Å². The molecule has 0 saturated heterocycles. The lowest BCUT2D eigenvalue weighted by Crippen LogP contribution is -2.19. The first-order chi connectivity index (χ1) is 9.33. The summed E-state index contributed by atoms with van der Waals surface area (Å²) in [6, 6.07) is 4.49. The van der Waals surface area contributed by atoms with Gasteiger partial charge in [-0.2, -0.15) is 0 Å². The molecule has 0 radical (unpaired) electrons. The van der Waals surface area contributed by atoms with Crippen molar-refractivity contribution in [1.29, 1.82) is 0 Å². The van der Waals surface area contributed by atoms with Crippen molar-refractivity contribution in [3.8, 4) is 5.75 Å². The number of halogens is 3. The molecular formula is C11H12F3N3O3. The number of ether oxygens (including phenoxy) is 1. The molecule has 1 aromatic carbocycles. The standard InChI is InChI=1S/C11H12F3N3O3/c12-11(13,14)20-8-3-1-7(2-4-8)10(19)9(18)5-6-16-17-15/h1-4,9-10,18-19H,5-6H2. The summed E-state index contributed by atoms with van der Waals surface area (Å²) < 4.78 is 39.5. The molecule has 0 aliphatic heterocycles. The Kier molecular flexibility index (Phi) is 5.63. The minimum absolute atomic E-state index is 0.00396. The molecule has 1 rings (SSSR count). The van der Waals surface area contributed by atoms with Gasteiger partial charge in [0.2, 0.25) is 0 Å². The van der Waals surface area contributed by atoms with Crippen LogP contribution in [0.5, 0.6) is 5.75 Å². The van der Waals surface area contributed by atoms with Crippen LogP contribution < -0.4 is 4.74 Å². The largest absolute Gasteiger partial charge is 0.573 e. The van der Waals surface area contributed by atoms with Crippen molar-refractivity contribution >= 4 is 0 Å². The molecule has 6 nitrogen and oxygen atoms in total. The Morgan fingerprint density at radius 2 is 1.85 bits per heavy atom. The van der Waals surface area contributed by atoms with Gasteiger partial charge in [0.05, 0.1) is 6.10 Å². The molecule has 0 bridgehead atoms. The summed E-state index contributed by atoms with van der Waals surface area (Å²) in [6.45, 7) is 0.00396. The van der Waals surface area contributed by atoms with Gasteiger partial charge in [-0.3, -0.25) is 0 Å². The van der Waals surface area contributed by atoms with Crippen LogP contribution in [0.25, 0.3) is 10.4 Å². The molecule has 0 heterocycles. The molecule has 9 heteroatoms. The normalized spacial score (nSPS) is 14.2. The van der Waals surface area contributed by atoms with Crippen molar-refractivity contribution in [2.24, 2.45) is 5.11 Å². The lowest BCUT2D eigenvalue weighted by atomic mass is 10.0. The first-order valence-corrected chi connectivity index (χ1v) is 5.56. The van der Waals surface area contributed by atoms with Crippen molar-refractivity contribution in [2.75, 3.05) is 6.54 Å². The smallest absolute Gasteiger partial charge is 0.406 e. The van der Waals surface area contributed by atoms with Crippen LogP contribution >= 0.6 is 0 Å². The Balaban J connectivity index is 2.65. The molecule has 2 N–H and O–H groups in total. The van der Waals surface area contributed by atoms with Crippen molar-refractivity contribution in [1.82, 2.24) is 0 Å². The number of benzene rings is 1. The zero-order valence-corrected chi connectivity index (χ0v) is 10.2. The fraction of sp³-hybridized carbons (Fsp3) is 0.455. The minimum Gasteiger partial charge on any atom is -0.406 e. The van der Waals surface area contributed by atoms with E-state index in [-0.39, 0.29) is 18.5 Å². The average Bonchev–Trinajstić information content (AvgIpc) is 2.37. The summed E-state index contributed by atoms with van der Waals surface area (Å²) in [4.78, 5) is 2.49. The zero-order chi connectivity index (χ0) is 15.2. The Bertz CT molecular complexity index is 472. The number of azide groups is 1. The molecule has 2 atom stereocenters. The van der Waals surface area contributed by atoms with E-state index in [1.165, 1.54) is 12.1 Å². The third-order valence-corrected chi connectivity index (χ3v) is 2.41. The first kappa shape index (κ1) is 16.1. The number of aliphatic hydroxyl groups excluding tert-OH is 2. The highest BCUT2D eigenvalue weighted by atomic mass is 19.4. The van der Waals surface area contributed by atoms with Gasteiger partial charge in [0, 0.05) is 11.5 Å². The number of rotatable bonds is 6. The van der Waals surface area contributed by atoms with Crippen LogP contribution in [0, 0.1) is 0 Å². The van der Waals surface area contributed by atoms with E-state index < -0.39 is 24.3 Å². The van der Waals surface area contributed by atoms with Gasteiger partial charge in [0.1, 0.15) is 11.9 Å². The van der Waals surface area contributed by atoms with E-state index >= 15 is 0 Å². The molecule has 0 spiro atoms. The number of alkyl halides is 3. The first-order valence-electron chi connectivity index (χ1n) is 5.56. The van der Waals surface area contributed by atoms with E-state index in [0.717, 1.165) is 12.1 Å². The molecule has 20 heavy (non-hydrogen) atoms. The third-order valence-electron chi connectivity index (χ3n) is 2.41. The summed E-state index contributed by atoms with van der Waals surface area (Å²) >= 11 is 0. The van der Waals surface area contributed by atoms with Gasteiger partial charge in [0.25, 0.3) is 0 Å². The van der Waals surface area contributed by atoms with Crippen LogP contribution in [0.1, 0.15) is 18.1 Å². The van der Waals surface area contributed by atoms with Crippen LogP contribution in [0.4, 0.5) is 13.2 Å². The third kappa shape index (κ3) is 5.35. The van der Waals surface area contributed by atoms with Gasteiger partial charge < -0.3 is 14.9 Å². The van der Waals surface area contributed by atoms with Crippen LogP contribution in [-0.4, -0.2) is 29.2 Å². The van der Waals surface area contributed by atoms with Crippen LogP contribution in [0.15, 0.2) is 29.4 Å². The molecule has 0 amide bonds. The Morgan fingerprint density at radius 3 is 2.35 bits per heavy atom. The SMILES string of the molecule is [N-]=[N+]=NCCC(O)C(O)c1ccc(OC(F)(F)F)cc1. The summed E-state index contributed by atoms with van der Waals surface area (Å²) in [5.74, 6) is -0.419. The minimum atomic E-state index is -4.78. The van der Waals surface area contributed by atoms with Crippen LogP contribution in [0.3, 0.4) is 0 Å². The highest BCUT2D eigenvalue weighted by molar-refractivity contribution is 5.29. The topological polar surface area (TPSA) is 98.5 Å². The highest BCUT2D eigenvalue weighted by Crippen LogP contribution is 2.25. The summed E-state index contributed by atoms with van der Waals surface area (Å²) in [7, 11) is 0. The predicted molar refractivity (Wildman–Crippen MR) is 62.7 cm³/mol. The van der Waals surface area contributed by atoms with Crippen molar-refractivity contribution < 1.29 is 28.1 Å². The molecule has 0 aliphatic carbocycles. The summed E-state index contributed by atoms with van der Waals surface area (Å²) in [6.07, 6.45) is -7.22. The van der Waals surface area contributed by atoms with Gasteiger partial charge in [-0.15, -0.1) is 13.2 Å². The van der Waals surface area contributed by atoms with Crippen LogP contribution in [-0.2, 0) is 0 Å². The van der Waals surface area contributed by atoms with Crippen molar-refractivity contribution in [3.05, 3.63) is 40.3 Å². The lowest BCUT2D eigenvalue weighted by molar-refractivity contribution is -0.274. The van der Waals surface area contributed by atoms with Gasteiger partial charge in [-0.05, 0) is 29.6 Å². The maximum absolute atomic E-state index is 12.0. The Morgan fingerprint density at radius 1 is 1.25 bits per heavy atom. The number of aliphatic hydroxyl groups is 2. The molecular weight excluding hydrogens is 279 g/mol. The molecule has 2 unspecified atom stereocenters. The van der Waals surface area contributed by atoms with E-state index in [0.29, 0.717) is 0 Å². The van der Waals surface area contributed by atoms with Crippen molar-refractivity contribution in [3.63, 3.8) is 0 Å². The molecule has 1 aromatic rings. The predicted octanol–water partition coefficient (Wildman–Crippen LogP) is 2.68. The molecule has 110 valence electrons. The van der Waals surface area contributed by atoms with Crippen molar-refractivity contribution in [2.45, 2.75) is 25.0 Å². The van der Waals surface area contributed by atoms with E-state index in [4.69, 9.17) is 5.53 Å². The second-order valence-electron chi connectivity index (χ2n) is 3.87. The molecule has 0 aliphatic rings. The van der Waals surface area contributed by atoms with Gasteiger partial charge in [0.15, 0.2) is 0 Å². The zero-order valence-electron chi connectivity index (χ0n) is 10.2. The molecule has 0 fully saturated rings. The number of hydrogen-bond acceptors (Lipinski definition) is 4. The lowest BCUT2D eigenvalue weighted by Gasteiger charge is -2.17. The maximum atomic E-state index is 12.0. The summed E-state index contributed by atoms with van der Waals surface area (Å²) in [5.41, 5.74) is 8.30. The molecule has 0 aromatic heterocycles. The molecule has 0 saturated carbocycles. The Hall–Kier alpha value is -1.96. The van der Waals surface area contributed by atoms with E-state index in [1.807, 2.05) is 0 Å². The second-order valence-corrected chi connectivity index (χ2v) is 3.87. The fourth-order valence-corrected chi connectivity index (χ4v) is 1.48. The highest BCUT2D eigenvalue weighted by Gasteiger charge is 2.31. The van der Waals surface area contributed by atoms with Gasteiger partial charge in [-0.25, -0.2) is 0 Å². The maximum Gasteiger partial charge on any atom is 0.573 e. The quantitative estimate of drug-likeness (QED) is 0.479. The fourth-order valence-electron chi connectivity index (χ4n) is 1.48. The van der Waals surface area contributed by atoms with E-state index in [9.17, 15) is 23.4 Å². The van der Waals surface area contributed by atoms with E-state index in [1.54, 1.807) is 0 Å². The average molecular weight is 291 g/mol. The number of hydrogen-bond donors (Lipinski definition) is 2. The van der Waals surface area contributed by atoms with E-state index in [2.05, 4.69) is 14.8 Å². The monoisotopic (exact) mass is 291 g/mol. The van der Waals surface area contributed by atoms with Crippen LogP contribution in [0.2, 0.25) is 0 Å². The van der Waals surface area contributed by atoms with Gasteiger partial charge >= 0.3 is 6.36 Å². The number of nitrogens with zero attached hydrogens (tertiary/aromatic N) is 3. The second kappa shape index (κ2) is 6.99.